The molecule has 6 heteroatoms. The highest BCUT2D eigenvalue weighted by molar-refractivity contribution is 6.32. The van der Waals surface area contributed by atoms with E-state index in [1.165, 1.54) is 12.1 Å². The van der Waals surface area contributed by atoms with Crippen LogP contribution in [-0.4, -0.2) is 9.91 Å². The van der Waals surface area contributed by atoms with Crippen LogP contribution >= 0.6 is 11.6 Å². The number of anilines is 1. The summed E-state index contributed by atoms with van der Waals surface area (Å²) in [6, 6.07) is 10.2. The van der Waals surface area contributed by atoms with E-state index < -0.39 is 4.92 Å². The Hall–Kier alpha value is -2.14. The molecule has 0 amide bonds. The molecule has 0 aliphatic carbocycles. The van der Waals surface area contributed by atoms with E-state index in [1.807, 2.05) is 18.2 Å². The normalized spacial score (nSPS) is 10.1. The van der Waals surface area contributed by atoms with Crippen molar-refractivity contribution in [2.24, 2.45) is 0 Å². The lowest BCUT2D eigenvalue weighted by Gasteiger charge is -2.06. The minimum atomic E-state index is -0.506. The second-order valence-electron chi connectivity index (χ2n) is 3.60. The summed E-state index contributed by atoms with van der Waals surface area (Å²) in [4.78, 5) is 14.4. The fourth-order valence-electron chi connectivity index (χ4n) is 1.46. The van der Waals surface area contributed by atoms with Crippen molar-refractivity contribution >= 4 is 23.0 Å². The Labute approximate surface area is 109 Å². The van der Waals surface area contributed by atoms with E-state index in [9.17, 15) is 10.1 Å². The molecule has 0 aliphatic heterocycles. The van der Waals surface area contributed by atoms with Gasteiger partial charge in [0.2, 0.25) is 0 Å². The molecular formula is C12H10ClN3O2. The van der Waals surface area contributed by atoms with Crippen LogP contribution in [0.2, 0.25) is 5.02 Å². The third kappa shape index (κ3) is 2.95. The topological polar surface area (TPSA) is 68.1 Å². The van der Waals surface area contributed by atoms with Gasteiger partial charge in [-0.3, -0.25) is 15.1 Å². The predicted octanol–water partition coefficient (Wildman–Crippen LogP) is 3.26. The molecule has 1 heterocycles. The lowest BCUT2D eigenvalue weighted by molar-refractivity contribution is -0.384. The van der Waals surface area contributed by atoms with Crippen LogP contribution in [0, 0.1) is 10.1 Å². The number of benzene rings is 1. The number of pyridine rings is 1. The van der Waals surface area contributed by atoms with E-state index in [4.69, 9.17) is 11.6 Å². The summed E-state index contributed by atoms with van der Waals surface area (Å²) in [5, 5.41) is 13.9. The van der Waals surface area contributed by atoms with E-state index in [1.54, 1.807) is 12.3 Å². The molecule has 0 radical (unpaired) electrons. The minimum absolute atomic E-state index is 0.109. The first-order chi connectivity index (χ1) is 8.66. The molecule has 0 atom stereocenters. The van der Waals surface area contributed by atoms with Crippen LogP contribution < -0.4 is 5.32 Å². The van der Waals surface area contributed by atoms with Crippen molar-refractivity contribution in [2.75, 3.05) is 5.32 Å². The van der Waals surface area contributed by atoms with Gasteiger partial charge in [0.1, 0.15) is 5.02 Å². The highest BCUT2D eigenvalue weighted by Crippen LogP contribution is 2.27. The maximum Gasteiger partial charge on any atom is 0.289 e. The van der Waals surface area contributed by atoms with Crippen LogP contribution in [0.25, 0.3) is 0 Å². The van der Waals surface area contributed by atoms with Crippen molar-refractivity contribution in [1.29, 1.82) is 0 Å². The summed E-state index contributed by atoms with van der Waals surface area (Å²) >= 11 is 5.73. The number of hydrogen-bond acceptors (Lipinski definition) is 4. The number of nitro groups is 1. The second-order valence-corrected chi connectivity index (χ2v) is 4.01. The quantitative estimate of drug-likeness (QED) is 0.679. The zero-order valence-electron chi connectivity index (χ0n) is 9.34. The van der Waals surface area contributed by atoms with Crippen LogP contribution in [0.1, 0.15) is 5.69 Å². The first-order valence-electron chi connectivity index (χ1n) is 5.24. The van der Waals surface area contributed by atoms with Crippen molar-refractivity contribution in [3.8, 4) is 0 Å². The molecule has 0 saturated heterocycles. The summed E-state index contributed by atoms with van der Waals surface area (Å²) in [6.45, 7) is 0.500. The Kier molecular flexibility index (Phi) is 3.74. The molecule has 1 N–H and O–H groups in total. The molecular weight excluding hydrogens is 254 g/mol. The van der Waals surface area contributed by atoms with Crippen molar-refractivity contribution in [3.63, 3.8) is 0 Å². The summed E-state index contributed by atoms with van der Waals surface area (Å²) in [5.41, 5.74) is 1.38. The highest BCUT2D eigenvalue weighted by Gasteiger charge is 2.12. The van der Waals surface area contributed by atoms with Gasteiger partial charge in [-0.2, -0.15) is 0 Å². The maximum atomic E-state index is 10.7. The van der Waals surface area contributed by atoms with Crippen LogP contribution in [0.3, 0.4) is 0 Å². The average Bonchev–Trinajstić information content (AvgIpc) is 2.38. The van der Waals surface area contributed by atoms with E-state index in [0.717, 1.165) is 5.69 Å². The SMILES string of the molecule is O=[N+]([O-])c1cc(NCc2ccccn2)ccc1Cl. The summed E-state index contributed by atoms with van der Waals surface area (Å²) < 4.78 is 0. The molecule has 0 saturated carbocycles. The highest BCUT2D eigenvalue weighted by atomic mass is 35.5. The molecule has 1 aromatic carbocycles. The summed E-state index contributed by atoms with van der Waals surface area (Å²) in [6.07, 6.45) is 1.70. The van der Waals surface area contributed by atoms with Crippen molar-refractivity contribution in [2.45, 2.75) is 6.54 Å². The molecule has 0 bridgehead atoms. The molecule has 18 heavy (non-hydrogen) atoms. The molecule has 5 nitrogen and oxygen atoms in total. The Morgan fingerprint density at radius 1 is 1.33 bits per heavy atom. The van der Waals surface area contributed by atoms with Gasteiger partial charge in [-0.1, -0.05) is 17.7 Å². The molecule has 0 spiro atoms. The smallest absolute Gasteiger partial charge is 0.289 e. The van der Waals surface area contributed by atoms with Gasteiger partial charge in [-0.25, -0.2) is 0 Å². The van der Waals surface area contributed by atoms with Gasteiger partial charge < -0.3 is 5.32 Å². The fourth-order valence-corrected chi connectivity index (χ4v) is 1.64. The molecule has 0 aliphatic rings. The van der Waals surface area contributed by atoms with Crippen LogP contribution in [0.4, 0.5) is 11.4 Å². The van der Waals surface area contributed by atoms with Gasteiger partial charge in [0.15, 0.2) is 0 Å². The number of nitrogens with zero attached hydrogens (tertiary/aromatic N) is 2. The number of rotatable bonds is 4. The lowest BCUT2D eigenvalue weighted by atomic mass is 10.2. The van der Waals surface area contributed by atoms with Crippen LogP contribution in [-0.2, 0) is 6.54 Å². The third-order valence-corrected chi connectivity index (χ3v) is 2.66. The largest absolute Gasteiger partial charge is 0.379 e. The van der Waals surface area contributed by atoms with Crippen molar-refractivity contribution in [1.82, 2.24) is 4.98 Å². The van der Waals surface area contributed by atoms with E-state index in [2.05, 4.69) is 10.3 Å². The van der Waals surface area contributed by atoms with Gasteiger partial charge >= 0.3 is 0 Å². The number of hydrogen-bond donors (Lipinski definition) is 1. The average molecular weight is 264 g/mol. The van der Waals surface area contributed by atoms with Crippen molar-refractivity contribution < 1.29 is 4.92 Å². The lowest BCUT2D eigenvalue weighted by Crippen LogP contribution is -2.01. The molecule has 0 unspecified atom stereocenters. The first-order valence-corrected chi connectivity index (χ1v) is 5.62. The van der Waals surface area contributed by atoms with Gasteiger partial charge in [-0.05, 0) is 24.3 Å². The van der Waals surface area contributed by atoms with Gasteiger partial charge in [0.05, 0.1) is 17.2 Å². The van der Waals surface area contributed by atoms with E-state index in [-0.39, 0.29) is 10.7 Å². The van der Waals surface area contributed by atoms with Gasteiger partial charge in [0.25, 0.3) is 5.69 Å². The summed E-state index contributed by atoms with van der Waals surface area (Å²) in [5.74, 6) is 0. The van der Waals surface area contributed by atoms with E-state index >= 15 is 0 Å². The molecule has 2 rings (SSSR count). The minimum Gasteiger partial charge on any atom is -0.379 e. The van der Waals surface area contributed by atoms with Crippen LogP contribution in [0.15, 0.2) is 42.6 Å². The van der Waals surface area contributed by atoms with Gasteiger partial charge in [0, 0.05) is 18.0 Å². The Balaban J connectivity index is 2.11. The number of nitro benzene ring substituents is 1. The standard InChI is InChI=1S/C12H10ClN3O2/c13-11-5-4-9(7-12(11)16(17)18)15-8-10-3-1-2-6-14-10/h1-7,15H,8H2. The monoisotopic (exact) mass is 263 g/mol. The predicted molar refractivity (Wildman–Crippen MR) is 69.7 cm³/mol. The number of halogens is 1. The third-order valence-electron chi connectivity index (χ3n) is 2.34. The fraction of sp³-hybridized carbons (Fsp3) is 0.0833. The molecule has 0 fully saturated rings. The second kappa shape index (κ2) is 5.46. The molecule has 92 valence electrons. The number of aromatic nitrogens is 1. The van der Waals surface area contributed by atoms with Gasteiger partial charge in [-0.15, -0.1) is 0 Å². The maximum absolute atomic E-state index is 10.7. The number of nitrogens with one attached hydrogen (secondary N) is 1. The molecule has 2 aromatic rings. The van der Waals surface area contributed by atoms with Crippen molar-refractivity contribution in [3.05, 3.63) is 63.4 Å². The zero-order chi connectivity index (χ0) is 13.0. The summed E-state index contributed by atoms with van der Waals surface area (Å²) in [7, 11) is 0. The van der Waals surface area contributed by atoms with E-state index in [0.29, 0.717) is 12.2 Å². The molecule has 1 aromatic heterocycles. The Bertz CT molecular complexity index is 561. The Morgan fingerprint density at radius 3 is 2.83 bits per heavy atom. The first kappa shape index (κ1) is 12.3. The van der Waals surface area contributed by atoms with Crippen LogP contribution in [0.5, 0.6) is 0 Å². The zero-order valence-corrected chi connectivity index (χ0v) is 10.1. The Morgan fingerprint density at radius 2 is 2.17 bits per heavy atom.